The first-order valence-electron chi connectivity index (χ1n) is 7.81. The monoisotopic (exact) mass is 360 g/mol. The zero-order valence-electron chi connectivity index (χ0n) is 13.4. The second-order valence-corrected chi connectivity index (χ2v) is 6.27. The smallest absolute Gasteiger partial charge is 0.254 e. The van der Waals surface area contributed by atoms with Crippen LogP contribution in [0.3, 0.4) is 0 Å². The number of halogens is 1. The first-order chi connectivity index (χ1) is 11.9. The zero-order valence-corrected chi connectivity index (χ0v) is 14.1. The molecule has 2 aromatic carbocycles. The van der Waals surface area contributed by atoms with Gasteiger partial charge < -0.3 is 20.0 Å². The van der Waals surface area contributed by atoms with Crippen LogP contribution in [0.1, 0.15) is 20.7 Å². The fourth-order valence-corrected chi connectivity index (χ4v) is 3.01. The van der Waals surface area contributed by atoms with E-state index in [-0.39, 0.29) is 28.9 Å². The summed E-state index contributed by atoms with van der Waals surface area (Å²) in [5.74, 6) is -0.748. The summed E-state index contributed by atoms with van der Waals surface area (Å²) in [6.45, 7) is 1.56. The number of hydrogen-bond acceptors (Lipinski definition) is 4. The van der Waals surface area contributed by atoms with Gasteiger partial charge in [0.05, 0.1) is 0 Å². The van der Waals surface area contributed by atoms with Crippen molar-refractivity contribution in [3.63, 3.8) is 0 Å². The average molecular weight is 361 g/mol. The lowest BCUT2D eigenvalue weighted by molar-refractivity contribution is 0.0535. The molecule has 6 nitrogen and oxygen atoms in total. The Bertz CT molecular complexity index is 796. The van der Waals surface area contributed by atoms with Gasteiger partial charge in [-0.1, -0.05) is 17.7 Å². The molecule has 1 aliphatic heterocycles. The minimum Gasteiger partial charge on any atom is -0.508 e. The molecule has 0 saturated carbocycles. The second kappa shape index (κ2) is 7.03. The quantitative estimate of drug-likeness (QED) is 0.861. The second-order valence-electron chi connectivity index (χ2n) is 5.83. The molecule has 2 N–H and O–H groups in total. The number of carbonyl (C=O) groups excluding carboxylic acids is 2. The summed E-state index contributed by atoms with van der Waals surface area (Å²) in [4.78, 5) is 28.2. The minimum atomic E-state index is -0.291. The van der Waals surface area contributed by atoms with E-state index in [1.165, 1.54) is 18.2 Å². The van der Waals surface area contributed by atoms with Crippen LogP contribution in [0.4, 0.5) is 0 Å². The van der Waals surface area contributed by atoms with Crippen molar-refractivity contribution in [3.05, 3.63) is 58.6 Å². The maximum atomic E-state index is 12.5. The van der Waals surface area contributed by atoms with Crippen molar-refractivity contribution < 1.29 is 19.8 Å². The van der Waals surface area contributed by atoms with Gasteiger partial charge in [-0.15, -0.1) is 0 Å². The third kappa shape index (κ3) is 3.85. The number of hydrogen-bond donors (Lipinski definition) is 2. The van der Waals surface area contributed by atoms with E-state index in [1.54, 1.807) is 34.1 Å². The molecule has 3 rings (SSSR count). The number of phenolic OH excluding ortho intramolecular Hbond substituents is 2. The van der Waals surface area contributed by atoms with Crippen LogP contribution in [-0.4, -0.2) is 58.0 Å². The number of carbonyl (C=O) groups is 2. The summed E-state index contributed by atoms with van der Waals surface area (Å²) in [5, 5.41) is 19.5. The Morgan fingerprint density at radius 3 is 1.84 bits per heavy atom. The summed E-state index contributed by atoms with van der Waals surface area (Å²) in [7, 11) is 0. The topological polar surface area (TPSA) is 81.1 Å². The Morgan fingerprint density at radius 1 is 0.800 bits per heavy atom. The molecule has 0 aliphatic carbocycles. The highest BCUT2D eigenvalue weighted by atomic mass is 35.5. The van der Waals surface area contributed by atoms with Crippen LogP contribution < -0.4 is 0 Å². The number of rotatable bonds is 2. The number of aromatic hydroxyl groups is 2. The maximum absolute atomic E-state index is 12.5. The van der Waals surface area contributed by atoms with Gasteiger partial charge in [0.1, 0.15) is 11.5 Å². The summed E-state index contributed by atoms with van der Waals surface area (Å²) in [6, 6.07) is 10.6. The minimum absolute atomic E-state index is 0.121. The number of phenols is 2. The van der Waals surface area contributed by atoms with Crippen molar-refractivity contribution in [1.82, 2.24) is 9.80 Å². The molecular formula is C18H17ClN2O4. The van der Waals surface area contributed by atoms with Gasteiger partial charge in [0.15, 0.2) is 0 Å². The highest BCUT2D eigenvalue weighted by molar-refractivity contribution is 6.30. The summed E-state index contributed by atoms with van der Waals surface area (Å²) < 4.78 is 0. The van der Waals surface area contributed by atoms with Gasteiger partial charge in [-0.05, 0) is 30.3 Å². The predicted molar refractivity (Wildman–Crippen MR) is 93.0 cm³/mol. The molecule has 0 bridgehead atoms. The lowest BCUT2D eigenvalue weighted by Gasteiger charge is -2.35. The van der Waals surface area contributed by atoms with E-state index in [0.29, 0.717) is 36.8 Å². The van der Waals surface area contributed by atoms with Crippen molar-refractivity contribution in [3.8, 4) is 11.5 Å². The molecule has 7 heteroatoms. The first-order valence-corrected chi connectivity index (χ1v) is 8.19. The highest BCUT2D eigenvalue weighted by Crippen LogP contribution is 2.22. The molecule has 1 fully saturated rings. The van der Waals surface area contributed by atoms with Gasteiger partial charge in [-0.2, -0.15) is 0 Å². The van der Waals surface area contributed by atoms with E-state index >= 15 is 0 Å². The lowest BCUT2D eigenvalue weighted by Crippen LogP contribution is -2.50. The molecule has 25 heavy (non-hydrogen) atoms. The molecule has 1 aliphatic rings. The molecular weight excluding hydrogens is 344 g/mol. The molecule has 1 heterocycles. The number of benzene rings is 2. The molecule has 0 spiro atoms. The molecule has 2 aromatic rings. The SMILES string of the molecule is O=C(c1cc(O)cc(O)c1)N1CCN(C(=O)c2cccc(Cl)c2)CC1. The third-order valence-corrected chi connectivity index (χ3v) is 4.31. The molecule has 0 atom stereocenters. The standard InChI is InChI=1S/C18H17ClN2O4/c19-14-3-1-2-12(8-14)17(24)20-4-6-21(7-5-20)18(25)13-9-15(22)11-16(23)10-13/h1-3,8-11,22-23H,4-7H2. The predicted octanol–water partition coefficient (Wildman–Crippen LogP) is 2.35. The van der Waals surface area contributed by atoms with Gasteiger partial charge in [-0.3, -0.25) is 9.59 Å². The van der Waals surface area contributed by atoms with Crippen LogP contribution in [0, 0.1) is 0 Å². The van der Waals surface area contributed by atoms with Crippen LogP contribution in [0.15, 0.2) is 42.5 Å². The van der Waals surface area contributed by atoms with E-state index in [9.17, 15) is 19.8 Å². The summed E-state index contributed by atoms with van der Waals surface area (Å²) in [5.41, 5.74) is 0.734. The lowest BCUT2D eigenvalue weighted by atomic mass is 10.1. The average Bonchev–Trinajstić information content (AvgIpc) is 2.60. The van der Waals surface area contributed by atoms with Gasteiger partial charge in [0.2, 0.25) is 0 Å². The van der Waals surface area contributed by atoms with Gasteiger partial charge >= 0.3 is 0 Å². The first kappa shape index (κ1) is 17.1. The fraction of sp³-hybridized carbons (Fsp3) is 0.222. The van der Waals surface area contributed by atoms with E-state index < -0.39 is 0 Å². The molecule has 1 saturated heterocycles. The van der Waals surface area contributed by atoms with Crippen LogP contribution in [0.5, 0.6) is 11.5 Å². The van der Waals surface area contributed by atoms with E-state index in [2.05, 4.69) is 0 Å². The third-order valence-electron chi connectivity index (χ3n) is 4.08. The number of nitrogens with zero attached hydrogens (tertiary/aromatic N) is 2. The Labute approximate surface area is 149 Å². The summed E-state index contributed by atoms with van der Waals surface area (Å²) in [6.07, 6.45) is 0. The molecule has 0 radical (unpaired) electrons. The van der Waals surface area contributed by atoms with Gasteiger partial charge in [0.25, 0.3) is 11.8 Å². The van der Waals surface area contributed by atoms with Crippen LogP contribution in [0.2, 0.25) is 5.02 Å². The van der Waals surface area contributed by atoms with E-state index in [1.807, 2.05) is 0 Å². The van der Waals surface area contributed by atoms with Crippen LogP contribution in [-0.2, 0) is 0 Å². The summed E-state index contributed by atoms with van der Waals surface area (Å²) >= 11 is 5.92. The van der Waals surface area contributed by atoms with Crippen LogP contribution in [0.25, 0.3) is 0 Å². The van der Waals surface area contributed by atoms with E-state index in [4.69, 9.17) is 11.6 Å². The molecule has 0 unspecified atom stereocenters. The normalized spacial score (nSPS) is 14.4. The van der Waals surface area contributed by atoms with Crippen molar-refractivity contribution >= 4 is 23.4 Å². The maximum Gasteiger partial charge on any atom is 0.254 e. The van der Waals surface area contributed by atoms with Crippen molar-refractivity contribution in [2.24, 2.45) is 0 Å². The fourth-order valence-electron chi connectivity index (χ4n) is 2.82. The van der Waals surface area contributed by atoms with Crippen LogP contribution >= 0.6 is 11.6 Å². The van der Waals surface area contributed by atoms with Gasteiger partial charge in [-0.25, -0.2) is 0 Å². The molecule has 2 amide bonds. The largest absolute Gasteiger partial charge is 0.508 e. The van der Waals surface area contributed by atoms with Crippen molar-refractivity contribution in [1.29, 1.82) is 0 Å². The Morgan fingerprint density at radius 2 is 1.32 bits per heavy atom. The Balaban J connectivity index is 1.65. The Hall–Kier alpha value is -2.73. The number of amides is 2. The molecule has 0 aromatic heterocycles. The highest BCUT2D eigenvalue weighted by Gasteiger charge is 2.26. The molecule has 130 valence electrons. The van der Waals surface area contributed by atoms with Gasteiger partial charge in [0, 0.05) is 48.4 Å². The Kier molecular flexibility index (Phi) is 4.81. The van der Waals surface area contributed by atoms with Crippen molar-refractivity contribution in [2.45, 2.75) is 0 Å². The zero-order chi connectivity index (χ0) is 18.0. The van der Waals surface area contributed by atoms with Crippen molar-refractivity contribution in [2.75, 3.05) is 26.2 Å². The van der Waals surface area contributed by atoms with E-state index in [0.717, 1.165) is 0 Å². The number of piperazine rings is 1.